The number of nitrogens with zero attached hydrogens (tertiary/aromatic N) is 1. The Bertz CT molecular complexity index is 393. The zero-order valence-corrected chi connectivity index (χ0v) is 12.0. The molecule has 0 spiro atoms. The van der Waals surface area contributed by atoms with E-state index in [9.17, 15) is 14.4 Å². The molecule has 1 amide bonds. The Hall–Kier alpha value is -2.32. The number of rotatable bonds is 10. The maximum atomic E-state index is 11.5. The van der Waals surface area contributed by atoms with Crippen LogP contribution in [-0.4, -0.2) is 48.1 Å². The van der Waals surface area contributed by atoms with E-state index in [0.717, 1.165) is 0 Å². The zero-order chi connectivity index (χ0) is 16.3. The summed E-state index contributed by atoms with van der Waals surface area (Å²) in [6.07, 6.45) is 1.17. The molecule has 0 saturated heterocycles. The molecule has 0 aromatic carbocycles. The van der Waals surface area contributed by atoms with Crippen LogP contribution < -0.4 is 16.8 Å². The predicted molar refractivity (Wildman–Crippen MR) is 75.3 cm³/mol. The van der Waals surface area contributed by atoms with Gasteiger partial charge in [0.25, 0.3) is 0 Å². The monoisotopic (exact) mass is 302 g/mol. The fourth-order valence-electron chi connectivity index (χ4n) is 1.58. The van der Waals surface area contributed by atoms with Gasteiger partial charge in [-0.3, -0.25) is 19.4 Å². The van der Waals surface area contributed by atoms with Crippen molar-refractivity contribution in [3.05, 3.63) is 0 Å². The van der Waals surface area contributed by atoms with Gasteiger partial charge in [-0.2, -0.15) is 0 Å². The van der Waals surface area contributed by atoms with E-state index in [1.807, 2.05) is 0 Å². The number of ether oxygens (including phenoxy) is 1. The van der Waals surface area contributed by atoms with E-state index in [2.05, 4.69) is 10.3 Å². The molecule has 21 heavy (non-hydrogen) atoms. The molecule has 120 valence electrons. The first kappa shape index (κ1) is 18.7. The molecular formula is C12H22N4O5. The van der Waals surface area contributed by atoms with Crippen molar-refractivity contribution < 1.29 is 24.2 Å². The number of aliphatic carboxylic acids is 1. The van der Waals surface area contributed by atoms with Gasteiger partial charge in [-0.15, -0.1) is 0 Å². The van der Waals surface area contributed by atoms with E-state index >= 15 is 0 Å². The van der Waals surface area contributed by atoms with Gasteiger partial charge in [0.15, 0.2) is 5.96 Å². The lowest BCUT2D eigenvalue weighted by Gasteiger charge is -2.16. The van der Waals surface area contributed by atoms with Gasteiger partial charge in [-0.25, -0.2) is 0 Å². The Morgan fingerprint density at radius 1 is 1.29 bits per heavy atom. The third-order valence-corrected chi connectivity index (χ3v) is 2.41. The Kier molecular flexibility index (Phi) is 9.31. The van der Waals surface area contributed by atoms with Crippen molar-refractivity contribution in [2.24, 2.45) is 16.5 Å². The van der Waals surface area contributed by atoms with Crippen LogP contribution in [-0.2, 0) is 19.1 Å². The summed E-state index contributed by atoms with van der Waals surface area (Å²) < 4.78 is 5.02. The molecule has 6 N–H and O–H groups in total. The number of unbranched alkanes of at least 4 members (excludes halogenated alkanes) is 1. The number of aliphatic imine (C=N–C) groups is 1. The summed E-state index contributed by atoms with van der Waals surface area (Å²) in [6.45, 7) is 1.25. The largest absolute Gasteiger partial charge is 0.480 e. The van der Waals surface area contributed by atoms with Crippen molar-refractivity contribution in [3.8, 4) is 0 Å². The van der Waals surface area contributed by atoms with E-state index in [1.165, 1.54) is 6.92 Å². The Morgan fingerprint density at radius 3 is 2.48 bits per heavy atom. The molecule has 0 aliphatic heterocycles. The SMILES string of the molecule is CC(=O)OC(CCCCN=C(N)N)CC(=O)NCC(=O)O. The molecule has 0 saturated carbocycles. The van der Waals surface area contributed by atoms with Crippen molar-refractivity contribution in [1.29, 1.82) is 0 Å². The fourth-order valence-corrected chi connectivity index (χ4v) is 1.58. The Morgan fingerprint density at radius 2 is 1.95 bits per heavy atom. The minimum atomic E-state index is -1.13. The number of carbonyl (C=O) groups is 3. The summed E-state index contributed by atoms with van der Waals surface area (Å²) in [5.74, 6) is -2.09. The molecule has 1 unspecified atom stereocenters. The third kappa shape index (κ3) is 12.5. The number of hydrogen-bond acceptors (Lipinski definition) is 5. The van der Waals surface area contributed by atoms with E-state index in [-0.39, 0.29) is 12.4 Å². The van der Waals surface area contributed by atoms with Crippen LogP contribution in [0.5, 0.6) is 0 Å². The summed E-state index contributed by atoms with van der Waals surface area (Å²) >= 11 is 0. The number of nitrogens with one attached hydrogen (secondary N) is 1. The van der Waals surface area contributed by atoms with Crippen molar-refractivity contribution in [3.63, 3.8) is 0 Å². The lowest BCUT2D eigenvalue weighted by atomic mass is 10.1. The van der Waals surface area contributed by atoms with Crippen molar-refractivity contribution in [2.75, 3.05) is 13.1 Å². The van der Waals surface area contributed by atoms with Gasteiger partial charge in [-0.05, 0) is 19.3 Å². The van der Waals surface area contributed by atoms with Gasteiger partial charge < -0.3 is 26.6 Å². The van der Waals surface area contributed by atoms with Crippen molar-refractivity contribution >= 4 is 23.8 Å². The number of hydrogen-bond donors (Lipinski definition) is 4. The Balaban J connectivity index is 4.13. The summed E-state index contributed by atoms with van der Waals surface area (Å²) in [6, 6.07) is 0. The van der Waals surface area contributed by atoms with Crippen molar-refractivity contribution in [1.82, 2.24) is 5.32 Å². The highest BCUT2D eigenvalue weighted by atomic mass is 16.5. The molecule has 9 nitrogen and oxygen atoms in total. The van der Waals surface area contributed by atoms with Gasteiger partial charge in [0, 0.05) is 13.5 Å². The highest BCUT2D eigenvalue weighted by molar-refractivity contribution is 5.81. The number of carbonyl (C=O) groups excluding carboxylic acids is 2. The number of carboxylic acid groups (broad SMARTS) is 1. The second-order valence-corrected chi connectivity index (χ2v) is 4.41. The molecule has 1 atom stereocenters. The van der Waals surface area contributed by atoms with Crippen LogP contribution in [0.3, 0.4) is 0 Å². The van der Waals surface area contributed by atoms with Gasteiger partial charge in [0.2, 0.25) is 5.91 Å². The normalized spacial score (nSPS) is 11.3. The lowest BCUT2D eigenvalue weighted by molar-refractivity contribution is -0.148. The van der Waals surface area contributed by atoms with Crippen LogP contribution in [0.4, 0.5) is 0 Å². The zero-order valence-electron chi connectivity index (χ0n) is 12.0. The van der Waals surface area contributed by atoms with E-state index in [4.69, 9.17) is 21.3 Å². The Labute approximate surface area is 122 Å². The number of carboxylic acids is 1. The fraction of sp³-hybridized carbons (Fsp3) is 0.667. The van der Waals surface area contributed by atoms with Crippen molar-refractivity contribution in [2.45, 2.75) is 38.7 Å². The number of nitrogens with two attached hydrogens (primary N) is 2. The molecule has 0 radical (unpaired) electrons. The molecule has 0 fully saturated rings. The smallest absolute Gasteiger partial charge is 0.322 e. The van der Waals surface area contributed by atoms with Crippen LogP contribution in [0.1, 0.15) is 32.6 Å². The second kappa shape index (κ2) is 10.5. The molecule has 0 aromatic rings. The summed E-state index contributed by atoms with van der Waals surface area (Å²) in [5, 5.41) is 10.7. The maximum absolute atomic E-state index is 11.5. The topological polar surface area (TPSA) is 157 Å². The highest BCUT2D eigenvalue weighted by Gasteiger charge is 2.17. The number of esters is 1. The molecule has 0 bridgehead atoms. The molecule has 9 heteroatoms. The highest BCUT2D eigenvalue weighted by Crippen LogP contribution is 2.10. The molecule has 0 aliphatic carbocycles. The molecular weight excluding hydrogens is 280 g/mol. The van der Waals surface area contributed by atoms with E-state index in [1.54, 1.807) is 0 Å². The van der Waals surface area contributed by atoms with Gasteiger partial charge in [0.1, 0.15) is 12.6 Å². The van der Waals surface area contributed by atoms with E-state index < -0.39 is 30.5 Å². The predicted octanol–water partition coefficient (Wildman–Crippen LogP) is -1.05. The quantitative estimate of drug-likeness (QED) is 0.173. The van der Waals surface area contributed by atoms with Crippen LogP contribution in [0.15, 0.2) is 4.99 Å². The molecule has 0 heterocycles. The minimum Gasteiger partial charge on any atom is -0.480 e. The first-order valence-electron chi connectivity index (χ1n) is 6.52. The van der Waals surface area contributed by atoms with Crippen LogP contribution in [0.25, 0.3) is 0 Å². The summed E-state index contributed by atoms with van der Waals surface area (Å²) in [5.41, 5.74) is 10.4. The molecule has 0 aliphatic rings. The summed E-state index contributed by atoms with van der Waals surface area (Å²) in [7, 11) is 0. The van der Waals surface area contributed by atoms with Crippen LogP contribution >= 0.6 is 0 Å². The van der Waals surface area contributed by atoms with Crippen LogP contribution in [0, 0.1) is 0 Å². The first-order chi connectivity index (χ1) is 9.81. The second-order valence-electron chi connectivity index (χ2n) is 4.41. The van der Waals surface area contributed by atoms with Gasteiger partial charge in [0.05, 0.1) is 6.42 Å². The summed E-state index contributed by atoms with van der Waals surface area (Å²) in [4.78, 5) is 36.6. The van der Waals surface area contributed by atoms with Crippen LogP contribution in [0.2, 0.25) is 0 Å². The molecule has 0 aromatic heterocycles. The standard InChI is InChI=1S/C12H22N4O5/c1-8(17)21-9(4-2-3-5-15-12(13)14)6-10(18)16-7-11(19)20/h9H,2-7H2,1H3,(H,16,18)(H,19,20)(H4,13,14,15). The minimum absolute atomic E-state index is 0.0135. The average molecular weight is 302 g/mol. The van der Waals surface area contributed by atoms with Gasteiger partial charge in [-0.1, -0.05) is 0 Å². The lowest BCUT2D eigenvalue weighted by Crippen LogP contribution is -2.33. The number of amides is 1. The van der Waals surface area contributed by atoms with E-state index in [0.29, 0.717) is 25.8 Å². The maximum Gasteiger partial charge on any atom is 0.322 e. The first-order valence-corrected chi connectivity index (χ1v) is 6.52. The average Bonchev–Trinajstić information content (AvgIpc) is 2.34. The third-order valence-electron chi connectivity index (χ3n) is 2.41. The van der Waals surface area contributed by atoms with Gasteiger partial charge >= 0.3 is 11.9 Å². The molecule has 0 rings (SSSR count). The number of guanidine groups is 1.